The molecule has 1 fully saturated rings. The zero-order valence-corrected chi connectivity index (χ0v) is 20.9. The summed E-state index contributed by atoms with van der Waals surface area (Å²) in [6.07, 6.45) is 1.62. The first-order chi connectivity index (χ1) is 17.0. The summed E-state index contributed by atoms with van der Waals surface area (Å²) < 4.78 is 12.2. The molecular weight excluding hydrogens is 532 g/mol. The van der Waals surface area contributed by atoms with Gasteiger partial charge in [0.2, 0.25) is 5.91 Å². The first-order valence-electron chi connectivity index (χ1n) is 10.7. The van der Waals surface area contributed by atoms with Crippen LogP contribution in [0, 0.1) is 0 Å². The van der Waals surface area contributed by atoms with E-state index < -0.39 is 17.1 Å². The molecule has 0 radical (unpaired) electrons. The Morgan fingerprint density at radius 2 is 1.60 bits per heavy atom. The summed E-state index contributed by atoms with van der Waals surface area (Å²) in [7, 11) is 0. The quantitative estimate of drug-likeness (QED) is 0.275. The van der Waals surface area contributed by atoms with E-state index in [-0.39, 0.29) is 11.4 Å². The van der Waals surface area contributed by atoms with Gasteiger partial charge in [0, 0.05) is 10.2 Å². The van der Waals surface area contributed by atoms with Crippen LogP contribution in [0.25, 0.3) is 6.08 Å². The third-order valence-corrected chi connectivity index (χ3v) is 6.26. The summed E-state index contributed by atoms with van der Waals surface area (Å²) in [4.78, 5) is 38.7. The van der Waals surface area contributed by atoms with Crippen molar-refractivity contribution in [3.63, 3.8) is 0 Å². The van der Waals surface area contributed by atoms with E-state index in [9.17, 15) is 14.4 Å². The number of ether oxygens (including phenoxy) is 2. The van der Waals surface area contributed by atoms with Gasteiger partial charge in [-0.2, -0.15) is 0 Å². The van der Waals surface area contributed by atoms with Crippen LogP contribution in [0.2, 0.25) is 0 Å². The summed E-state index contributed by atoms with van der Waals surface area (Å²) >= 11 is 4.13. The Morgan fingerprint density at radius 1 is 0.914 bits per heavy atom. The largest absolute Gasteiger partial charge is 0.490 e. The van der Waals surface area contributed by atoms with Crippen LogP contribution in [0.15, 0.2) is 88.2 Å². The van der Waals surface area contributed by atoms with Crippen molar-refractivity contribution in [2.45, 2.75) is 0 Å². The van der Waals surface area contributed by atoms with Gasteiger partial charge >= 0.3 is 0 Å². The highest BCUT2D eigenvalue weighted by Crippen LogP contribution is 2.32. The minimum atomic E-state index is -0.506. The van der Waals surface area contributed by atoms with E-state index in [0.29, 0.717) is 30.2 Å². The van der Waals surface area contributed by atoms with Crippen LogP contribution in [0.5, 0.6) is 11.5 Å². The summed E-state index contributed by atoms with van der Waals surface area (Å²) in [5.41, 5.74) is 1.28. The van der Waals surface area contributed by atoms with Gasteiger partial charge in [-0.3, -0.25) is 19.3 Å². The molecule has 1 aliphatic rings. The van der Waals surface area contributed by atoms with Crippen LogP contribution < -0.4 is 14.8 Å². The molecule has 4 rings (SSSR count). The predicted octanol–water partition coefficient (Wildman–Crippen LogP) is 5.58. The molecule has 1 saturated heterocycles. The summed E-state index contributed by atoms with van der Waals surface area (Å²) in [5, 5.41) is 2.19. The van der Waals surface area contributed by atoms with Gasteiger partial charge in [-0.15, -0.1) is 0 Å². The Labute approximate surface area is 215 Å². The van der Waals surface area contributed by atoms with Gasteiger partial charge < -0.3 is 14.8 Å². The fourth-order valence-corrected chi connectivity index (χ4v) is 4.30. The van der Waals surface area contributed by atoms with Gasteiger partial charge in [-0.25, -0.2) is 0 Å². The summed E-state index contributed by atoms with van der Waals surface area (Å²) in [5.74, 6) is 0.423. The number of amides is 3. The second-order valence-corrected chi connectivity index (χ2v) is 9.31. The average molecular weight is 553 g/mol. The molecular formula is C26H21BrN2O5S. The number of benzene rings is 3. The fourth-order valence-electron chi connectivity index (χ4n) is 3.19. The van der Waals surface area contributed by atoms with Crippen LogP contribution in [0.3, 0.4) is 0 Å². The number of para-hydroxylation sites is 1. The lowest BCUT2D eigenvalue weighted by Crippen LogP contribution is -2.36. The molecule has 0 spiro atoms. The van der Waals surface area contributed by atoms with Crippen molar-refractivity contribution in [1.82, 2.24) is 4.90 Å². The average Bonchev–Trinajstić information content (AvgIpc) is 3.11. The van der Waals surface area contributed by atoms with Gasteiger partial charge in [0.15, 0.2) is 0 Å². The second-order valence-electron chi connectivity index (χ2n) is 7.41. The topological polar surface area (TPSA) is 84.9 Å². The molecule has 178 valence electrons. The molecule has 0 aromatic heterocycles. The van der Waals surface area contributed by atoms with E-state index in [2.05, 4.69) is 21.2 Å². The first kappa shape index (κ1) is 24.6. The Kier molecular flexibility index (Phi) is 8.23. The van der Waals surface area contributed by atoms with Crippen molar-refractivity contribution in [1.29, 1.82) is 0 Å². The predicted molar refractivity (Wildman–Crippen MR) is 139 cm³/mol. The van der Waals surface area contributed by atoms with Crippen molar-refractivity contribution >= 4 is 56.5 Å². The molecule has 9 heteroatoms. The number of rotatable bonds is 9. The summed E-state index contributed by atoms with van der Waals surface area (Å²) in [6, 6.07) is 23.7. The third-order valence-electron chi connectivity index (χ3n) is 4.82. The lowest BCUT2D eigenvalue weighted by Gasteiger charge is -2.12. The van der Waals surface area contributed by atoms with Crippen LogP contribution in [0.4, 0.5) is 10.5 Å². The Morgan fingerprint density at radius 3 is 2.34 bits per heavy atom. The molecule has 1 N–H and O–H groups in total. The van der Waals surface area contributed by atoms with Crippen LogP contribution >= 0.6 is 27.7 Å². The summed E-state index contributed by atoms with van der Waals surface area (Å²) in [6.45, 7) is 0.375. The zero-order valence-electron chi connectivity index (χ0n) is 18.5. The molecule has 0 saturated carbocycles. The molecule has 3 aromatic rings. The molecule has 7 nitrogen and oxygen atoms in total. The first-order valence-corrected chi connectivity index (χ1v) is 12.3. The zero-order chi connectivity index (χ0) is 24.6. The number of nitrogens with one attached hydrogen (secondary N) is 1. The molecule has 1 heterocycles. The van der Waals surface area contributed by atoms with Crippen molar-refractivity contribution < 1.29 is 23.9 Å². The minimum absolute atomic E-state index is 0.246. The van der Waals surface area contributed by atoms with Crippen molar-refractivity contribution in [2.24, 2.45) is 0 Å². The number of carbonyl (C=O) groups excluding carboxylic acids is 3. The molecule has 35 heavy (non-hydrogen) atoms. The lowest BCUT2D eigenvalue weighted by atomic mass is 10.2. The Hall–Kier alpha value is -3.56. The number of nitrogens with zero attached hydrogens (tertiary/aromatic N) is 1. The number of hydrogen-bond acceptors (Lipinski definition) is 6. The van der Waals surface area contributed by atoms with Crippen LogP contribution in [0.1, 0.15) is 5.56 Å². The second kappa shape index (κ2) is 11.7. The van der Waals surface area contributed by atoms with Crippen LogP contribution in [-0.4, -0.2) is 41.7 Å². The van der Waals surface area contributed by atoms with E-state index in [1.54, 1.807) is 48.5 Å². The molecule has 0 aliphatic carbocycles. The van der Waals surface area contributed by atoms with E-state index in [1.807, 2.05) is 36.4 Å². The smallest absolute Gasteiger partial charge is 0.294 e. The number of carbonyl (C=O) groups is 3. The molecule has 0 atom stereocenters. The highest BCUT2D eigenvalue weighted by atomic mass is 79.9. The normalized spacial score (nSPS) is 14.3. The maximum atomic E-state index is 12.8. The van der Waals surface area contributed by atoms with E-state index >= 15 is 0 Å². The number of halogens is 1. The maximum Gasteiger partial charge on any atom is 0.294 e. The number of hydrogen-bond donors (Lipinski definition) is 1. The van der Waals surface area contributed by atoms with Crippen molar-refractivity contribution in [3.05, 3.63) is 93.8 Å². The van der Waals surface area contributed by atoms with Gasteiger partial charge in [0.25, 0.3) is 11.1 Å². The number of anilines is 1. The highest BCUT2D eigenvalue weighted by Gasteiger charge is 2.36. The highest BCUT2D eigenvalue weighted by molar-refractivity contribution is 9.10. The number of thioether (sulfide) groups is 1. The molecule has 3 aromatic carbocycles. The molecule has 1 aliphatic heterocycles. The van der Waals surface area contributed by atoms with Crippen molar-refractivity contribution in [3.8, 4) is 11.5 Å². The van der Waals surface area contributed by atoms with Crippen molar-refractivity contribution in [2.75, 3.05) is 25.1 Å². The lowest BCUT2D eigenvalue weighted by molar-refractivity contribution is -0.127. The fraction of sp³-hybridized carbons (Fsp3) is 0.115. The van der Waals surface area contributed by atoms with E-state index in [4.69, 9.17) is 9.47 Å². The minimum Gasteiger partial charge on any atom is -0.490 e. The van der Waals surface area contributed by atoms with Crippen LogP contribution in [-0.2, 0) is 9.59 Å². The standard InChI is InChI=1S/C26H21BrN2O5S/c27-19-9-11-20(12-10-19)28-24(30)17-29-25(31)23(35-26(29)32)16-18-5-4-8-22(15-18)34-14-13-33-21-6-2-1-3-7-21/h1-12,15-16H,13-14,17H2,(H,28,30)/b23-16+. The molecule has 0 bridgehead atoms. The van der Waals surface area contributed by atoms with Gasteiger partial charge in [0.1, 0.15) is 31.3 Å². The van der Waals surface area contributed by atoms with E-state index in [1.165, 1.54) is 0 Å². The maximum absolute atomic E-state index is 12.8. The Bertz CT molecular complexity index is 1250. The van der Waals surface area contributed by atoms with Gasteiger partial charge in [-0.05, 0) is 71.9 Å². The Balaban J connectivity index is 1.32. The number of imide groups is 1. The van der Waals surface area contributed by atoms with E-state index in [0.717, 1.165) is 26.9 Å². The third kappa shape index (κ3) is 6.97. The monoisotopic (exact) mass is 552 g/mol. The van der Waals surface area contributed by atoms with Gasteiger partial charge in [-0.1, -0.05) is 46.3 Å². The van der Waals surface area contributed by atoms with Gasteiger partial charge in [0.05, 0.1) is 4.91 Å². The molecule has 0 unspecified atom stereocenters. The SMILES string of the molecule is O=C(CN1C(=O)S/C(=C/c2cccc(OCCOc3ccccc3)c2)C1=O)Nc1ccc(Br)cc1. The molecule has 3 amide bonds.